The topological polar surface area (TPSA) is 92.3 Å². The number of pyridine rings is 1. The number of hydrogen-bond acceptors (Lipinski definition) is 5. The largest absolute Gasteiger partial charge is 0.444 e. The summed E-state index contributed by atoms with van der Waals surface area (Å²) in [5.41, 5.74) is -1.94. The Morgan fingerprint density at radius 3 is 2.66 bits per heavy atom. The van der Waals surface area contributed by atoms with Gasteiger partial charge in [0.2, 0.25) is 0 Å². The van der Waals surface area contributed by atoms with Gasteiger partial charge in [-0.15, -0.1) is 10.2 Å². The van der Waals surface area contributed by atoms with Gasteiger partial charge in [0.05, 0.1) is 17.2 Å². The third-order valence-corrected chi connectivity index (χ3v) is 4.76. The van der Waals surface area contributed by atoms with Crippen molar-refractivity contribution >= 4 is 11.7 Å². The maximum Gasteiger partial charge on any atom is 0.419 e. The van der Waals surface area contributed by atoms with E-state index in [9.17, 15) is 18.0 Å². The van der Waals surface area contributed by atoms with Gasteiger partial charge in [0.25, 0.3) is 0 Å². The second-order valence-electron chi connectivity index (χ2n) is 8.20. The normalized spacial score (nSPS) is 20.3. The van der Waals surface area contributed by atoms with E-state index in [2.05, 4.69) is 15.5 Å². The van der Waals surface area contributed by atoms with Crippen molar-refractivity contribution in [1.82, 2.24) is 19.9 Å². The van der Waals surface area contributed by atoms with Gasteiger partial charge in [0.15, 0.2) is 5.65 Å². The maximum atomic E-state index is 13.3. The first-order valence-electron chi connectivity index (χ1n) is 9.33. The standard InChI is InChI=1S/C19H22F3N5O2/c1-18(2,3)29-17(28)24-13-6-4-5-11(7-13)16-26-25-15-8-12(9-23)14(10-27(15)16)19(20,21)22/h8,10-11,13H,4-7H2,1-3H3,(H,24,28)/t11-,13+/m0/s1. The number of rotatable bonds is 2. The van der Waals surface area contributed by atoms with E-state index < -0.39 is 29.0 Å². The summed E-state index contributed by atoms with van der Waals surface area (Å²) in [6.45, 7) is 5.31. The number of nitriles is 1. The van der Waals surface area contributed by atoms with Crippen LogP contribution >= 0.6 is 0 Å². The van der Waals surface area contributed by atoms with Crippen LogP contribution in [0.2, 0.25) is 0 Å². The SMILES string of the molecule is CC(C)(C)OC(=O)N[C@@H]1CCC[C@H](c2nnc3cc(C#N)c(C(F)(F)F)cn23)C1. The van der Waals surface area contributed by atoms with Gasteiger partial charge in [-0.05, 0) is 40.0 Å². The van der Waals surface area contributed by atoms with E-state index in [0.29, 0.717) is 18.7 Å². The van der Waals surface area contributed by atoms with Crippen LogP contribution in [0.4, 0.5) is 18.0 Å². The molecule has 0 bridgehead atoms. The van der Waals surface area contributed by atoms with Crippen molar-refractivity contribution in [2.75, 3.05) is 0 Å². The number of aromatic nitrogens is 3. The number of nitrogens with one attached hydrogen (secondary N) is 1. The molecule has 0 spiro atoms. The minimum absolute atomic E-state index is 0.170. The fraction of sp³-hybridized carbons (Fsp3) is 0.579. The van der Waals surface area contributed by atoms with Gasteiger partial charge >= 0.3 is 12.3 Å². The molecule has 0 radical (unpaired) electrons. The van der Waals surface area contributed by atoms with E-state index in [4.69, 9.17) is 10.00 Å². The quantitative estimate of drug-likeness (QED) is 0.804. The number of ether oxygens (including phenoxy) is 1. The van der Waals surface area contributed by atoms with Gasteiger partial charge in [0, 0.05) is 24.2 Å². The van der Waals surface area contributed by atoms with Crippen LogP contribution in [0.1, 0.15) is 69.3 Å². The second-order valence-corrected chi connectivity index (χ2v) is 8.20. The van der Waals surface area contributed by atoms with Crippen LogP contribution in [0.5, 0.6) is 0 Å². The lowest BCUT2D eigenvalue weighted by molar-refractivity contribution is -0.138. The number of amides is 1. The number of alkyl carbamates (subject to hydrolysis) is 1. The van der Waals surface area contributed by atoms with E-state index in [-0.39, 0.29) is 17.6 Å². The summed E-state index contributed by atoms with van der Waals surface area (Å²) in [7, 11) is 0. The van der Waals surface area contributed by atoms with Crippen LogP contribution in [0.25, 0.3) is 5.65 Å². The molecule has 0 saturated heterocycles. The molecule has 29 heavy (non-hydrogen) atoms. The number of fused-ring (bicyclic) bond motifs is 1. The molecular weight excluding hydrogens is 387 g/mol. The first kappa shape index (κ1) is 20.9. The van der Waals surface area contributed by atoms with Crippen LogP contribution < -0.4 is 5.32 Å². The van der Waals surface area contributed by atoms with Gasteiger partial charge < -0.3 is 10.1 Å². The number of carbonyl (C=O) groups is 1. The van der Waals surface area contributed by atoms with Crippen molar-refractivity contribution in [2.24, 2.45) is 0 Å². The zero-order valence-electron chi connectivity index (χ0n) is 16.4. The van der Waals surface area contributed by atoms with Crippen molar-refractivity contribution in [3.63, 3.8) is 0 Å². The molecule has 0 aromatic carbocycles. The number of halogens is 3. The summed E-state index contributed by atoms with van der Waals surface area (Å²) in [6, 6.07) is 2.49. The molecule has 156 valence electrons. The van der Waals surface area contributed by atoms with Crippen LogP contribution in [-0.2, 0) is 10.9 Å². The predicted molar refractivity (Wildman–Crippen MR) is 97.1 cm³/mol. The summed E-state index contributed by atoms with van der Waals surface area (Å²) in [5.74, 6) is 0.221. The number of nitrogens with zero attached hydrogens (tertiary/aromatic N) is 4. The maximum absolute atomic E-state index is 13.3. The highest BCUT2D eigenvalue weighted by atomic mass is 19.4. The lowest BCUT2D eigenvalue weighted by Crippen LogP contribution is -2.41. The zero-order valence-corrected chi connectivity index (χ0v) is 16.4. The summed E-state index contributed by atoms with van der Waals surface area (Å²) in [6.07, 6.45) is -1.54. The first-order chi connectivity index (χ1) is 13.5. The minimum Gasteiger partial charge on any atom is -0.444 e. The molecule has 1 amide bonds. The van der Waals surface area contributed by atoms with Crippen LogP contribution in [-0.4, -0.2) is 32.3 Å². The Bertz CT molecular complexity index is 956. The van der Waals surface area contributed by atoms with E-state index in [0.717, 1.165) is 25.1 Å². The van der Waals surface area contributed by atoms with Crippen molar-refractivity contribution in [1.29, 1.82) is 5.26 Å². The molecule has 2 heterocycles. The lowest BCUT2D eigenvalue weighted by Gasteiger charge is -2.30. The molecule has 2 aromatic heterocycles. The Hall–Kier alpha value is -2.83. The van der Waals surface area contributed by atoms with Crippen molar-refractivity contribution < 1.29 is 22.7 Å². The number of alkyl halides is 3. The van der Waals surface area contributed by atoms with E-state index in [1.165, 1.54) is 4.40 Å². The number of carbonyl (C=O) groups excluding carboxylic acids is 1. The summed E-state index contributed by atoms with van der Waals surface area (Å²) in [4.78, 5) is 12.0. The van der Waals surface area contributed by atoms with Crippen molar-refractivity contribution in [2.45, 2.75) is 70.2 Å². The van der Waals surface area contributed by atoms with E-state index in [1.54, 1.807) is 26.8 Å². The molecule has 0 unspecified atom stereocenters. The average Bonchev–Trinajstić information content (AvgIpc) is 3.01. The Balaban J connectivity index is 1.85. The smallest absolute Gasteiger partial charge is 0.419 e. The fourth-order valence-electron chi connectivity index (χ4n) is 3.58. The zero-order chi connectivity index (χ0) is 21.4. The third kappa shape index (κ3) is 4.78. The Labute approximate surface area is 165 Å². The molecule has 10 heteroatoms. The predicted octanol–water partition coefficient (Wildman–Crippen LogP) is 4.17. The molecule has 1 saturated carbocycles. The Morgan fingerprint density at radius 2 is 2.03 bits per heavy atom. The highest BCUT2D eigenvalue weighted by molar-refractivity contribution is 5.68. The molecule has 3 rings (SSSR count). The monoisotopic (exact) mass is 409 g/mol. The summed E-state index contributed by atoms with van der Waals surface area (Å²) >= 11 is 0. The van der Waals surface area contributed by atoms with Crippen LogP contribution in [0, 0.1) is 11.3 Å². The van der Waals surface area contributed by atoms with Gasteiger partial charge in [-0.3, -0.25) is 4.40 Å². The Kier molecular flexibility index (Phi) is 5.43. The van der Waals surface area contributed by atoms with E-state index >= 15 is 0 Å². The first-order valence-corrected chi connectivity index (χ1v) is 9.33. The van der Waals surface area contributed by atoms with Gasteiger partial charge in [0.1, 0.15) is 11.4 Å². The molecule has 1 N–H and O–H groups in total. The van der Waals surface area contributed by atoms with Crippen LogP contribution in [0.15, 0.2) is 12.3 Å². The minimum atomic E-state index is -4.66. The van der Waals surface area contributed by atoms with Crippen molar-refractivity contribution in [3.05, 3.63) is 29.2 Å². The van der Waals surface area contributed by atoms with Gasteiger partial charge in [-0.25, -0.2) is 4.79 Å². The van der Waals surface area contributed by atoms with Crippen LogP contribution in [0.3, 0.4) is 0 Å². The molecule has 1 aliphatic carbocycles. The van der Waals surface area contributed by atoms with Crippen molar-refractivity contribution in [3.8, 4) is 6.07 Å². The molecule has 7 nitrogen and oxygen atoms in total. The fourth-order valence-corrected chi connectivity index (χ4v) is 3.58. The molecule has 2 aromatic rings. The second kappa shape index (κ2) is 7.54. The van der Waals surface area contributed by atoms with E-state index in [1.807, 2.05) is 0 Å². The highest BCUT2D eigenvalue weighted by Gasteiger charge is 2.36. The van der Waals surface area contributed by atoms with Gasteiger partial charge in [-0.1, -0.05) is 6.42 Å². The third-order valence-electron chi connectivity index (χ3n) is 4.76. The molecular formula is C19H22F3N5O2. The van der Waals surface area contributed by atoms with Gasteiger partial charge in [-0.2, -0.15) is 18.4 Å². The summed E-state index contributed by atoms with van der Waals surface area (Å²) in [5, 5.41) is 19.9. The molecule has 1 aliphatic rings. The summed E-state index contributed by atoms with van der Waals surface area (Å²) < 4.78 is 46.5. The molecule has 0 aliphatic heterocycles. The highest BCUT2D eigenvalue weighted by Crippen LogP contribution is 2.35. The Morgan fingerprint density at radius 1 is 1.31 bits per heavy atom. The lowest BCUT2D eigenvalue weighted by atomic mass is 9.85. The molecule has 2 atom stereocenters. The number of hydrogen-bond donors (Lipinski definition) is 1. The average molecular weight is 409 g/mol. The molecule has 1 fully saturated rings.